The van der Waals surface area contributed by atoms with E-state index in [9.17, 15) is 24.9 Å². The standard InChI is InChI=1S/C15H11NO3.C9H21NO5/c17-14(18)9-16-12-7-3-1-5-10(12)15(19)11-6-2-4-8-13(11)16;1-2-3-10-4-6(12)8(14)9(15)7(13)5-11/h1-8H,9H2,(H,17,18);6-15H,2-5H2,1H3/t;6-,7-,8-,9-/m.0/s1. The Morgan fingerprint density at radius 3 is 1.88 bits per heavy atom. The van der Waals surface area contributed by atoms with Crippen LogP contribution < -0.4 is 10.7 Å². The summed E-state index contributed by atoms with van der Waals surface area (Å²) in [5.74, 6) is -0.932. The Labute approximate surface area is 196 Å². The molecule has 1 heterocycles. The molecular weight excluding hydrogens is 444 g/mol. The van der Waals surface area contributed by atoms with Crippen LogP contribution in [0.15, 0.2) is 53.3 Å². The Morgan fingerprint density at radius 1 is 0.912 bits per heavy atom. The number of pyridine rings is 1. The molecule has 186 valence electrons. The normalized spacial score (nSPS) is 14.8. The van der Waals surface area contributed by atoms with Gasteiger partial charge in [-0.1, -0.05) is 31.2 Å². The molecule has 0 aliphatic rings. The van der Waals surface area contributed by atoms with Crippen LogP contribution in [0.4, 0.5) is 0 Å². The van der Waals surface area contributed by atoms with Crippen LogP contribution in [0.1, 0.15) is 13.3 Å². The largest absolute Gasteiger partial charge is 0.480 e. The lowest BCUT2D eigenvalue weighted by molar-refractivity contribution is -0.137. The topological polar surface area (TPSA) is 172 Å². The number of aliphatic hydroxyl groups excluding tert-OH is 5. The van der Waals surface area contributed by atoms with E-state index in [0.29, 0.717) is 28.4 Å². The van der Waals surface area contributed by atoms with Gasteiger partial charge in [0.05, 0.1) is 23.7 Å². The molecule has 7 N–H and O–H groups in total. The molecule has 4 atom stereocenters. The fraction of sp³-hybridized carbons (Fsp3) is 0.417. The number of carboxylic acid groups (broad SMARTS) is 1. The van der Waals surface area contributed by atoms with Crippen molar-refractivity contribution < 1.29 is 35.4 Å². The van der Waals surface area contributed by atoms with Crippen molar-refractivity contribution in [2.75, 3.05) is 19.7 Å². The number of nitrogens with zero attached hydrogens (tertiary/aromatic N) is 1. The molecular formula is C24H32N2O8. The van der Waals surface area contributed by atoms with Crippen LogP contribution in [0.25, 0.3) is 21.8 Å². The molecule has 0 saturated carbocycles. The fourth-order valence-electron chi connectivity index (χ4n) is 3.49. The highest BCUT2D eigenvalue weighted by Crippen LogP contribution is 2.18. The number of rotatable bonds is 10. The number of hydrogen-bond donors (Lipinski definition) is 7. The van der Waals surface area contributed by atoms with Gasteiger partial charge in [0.1, 0.15) is 24.9 Å². The van der Waals surface area contributed by atoms with Gasteiger partial charge in [-0.25, -0.2) is 0 Å². The van der Waals surface area contributed by atoms with Crippen molar-refractivity contribution in [2.45, 2.75) is 44.3 Å². The maximum absolute atomic E-state index is 12.4. The second-order valence-electron chi connectivity index (χ2n) is 7.85. The second-order valence-corrected chi connectivity index (χ2v) is 7.85. The van der Waals surface area contributed by atoms with Crippen LogP contribution in [0.2, 0.25) is 0 Å². The third-order valence-electron chi connectivity index (χ3n) is 5.28. The maximum atomic E-state index is 12.4. The Kier molecular flexibility index (Phi) is 10.6. The highest BCUT2D eigenvalue weighted by Gasteiger charge is 2.29. The molecule has 0 unspecified atom stereocenters. The first-order valence-electron chi connectivity index (χ1n) is 11.0. The van der Waals surface area contributed by atoms with Crippen LogP contribution in [-0.2, 0) is 11.3 Å². The first kappa shape index (κ1) is 27.4. The van der Waals surface area contributed by atoms with Crippen LogP contribution >= 0.6 is 0 Å². The molecule has 1 aromatic heterocycles. The van der Waals surface area contributed by atoms with E-state index in [1.54, 1.807) is 53.1 Å². The summed E-state index contributed by atoms with van der Waals surface area (Å²) >= 11 is 0. The molecule has 0 spiro atoms. The monoisotopic (exact) mass is 476 g/mol. The van der Waals surface area contributed by atoms with Crippen LogP contribution in [0, 0.1) is 0 Å². The molecule has 0 fully saturated rings. The minimum Gasteiger partial charge on any atom is -0.480 e. The SMILES string of the molecule is CCCNC[C@H](O)[C@H](O)[C@@H](O)[C@@H](O)CO.O=C(O)Cn1c2ccccc2c(=O)c2ccccc21. The van der Waals surface area contributed by atoms with Crippen molar-refractivity contribution in [1.82, 2.24) is 9.88 Å². The average Bonchev–Trinajstić information content (AvgIpc) is 2.85. The highest BCUT2D eigenvalue weighted by molar-refractivity contribution is 5.94. The predicted octanol–water partition coefficient (Wildman–Crippen LogP) is -0.339. The lowest BCUT2D eigenvalue weighted by Gasteiger charge is -2.25. The van der Waals surface area contributed by atoms with Crippen molar-refractivity contribution in [1.29, 1.82) is 0 Å². The first-order chi connectivity index (χ1) is 16.2. The van der Waals surface area contributed by atoms with Crippen LogP contribution in [0.3, 0.4) is 0 Å². The van der Waals surface area contributed by atoms with Crippen LogP contribution in [0.5, 0.6) is 0 Å². The molecule has 0 bridgehead atoms. The number of fused-ring (bicyclic) bond motifs is 2. The van der Waals surface area contributed by atoms with E-state index >= 15 is 0 Å². The minimum absolute atomic E-state index is 0.0622. The number of nitrogens with one attached hydrogen (secondary N) is 1. The zero-order valence-corrected chi connectivity index (χ0v) is 18.9. The summed E-state index contributed by atoms with van der Waals surface area (Å²) in [5, 5.41) is 58.6. The summed E-state index contributed by atoms with van der Waals surface area (Å²) in [6, 6.07) is 14.2. The van der Waals surface area contributed by atoms with Gasteiger partial charge >= 0.3 is 5.97 Å². The van der Waals surface area contributed by atoms with E-state index in [1.807, 2.05) is 6.92 Å². The number of aromatic nitrogens is 1. The van der Waals surface area contributed by atoms with Crippen molar-refractivity contribution >= 4 is 27.8 Å². The third-order valence-corrected chi connectivity index (χ3v) is 5.28. The smallest absolute Gasteiger partial charge is 0.323 e. The predicted molar refractivity (Wildman–Crippen MR) is 128 cm³/mol. The van der Waals surface area contributed by atoms with Gasteiger partial charge in [-0.05, 0) is 37.2 Å². The average molecular weight is 477 g/mol. The molecule has 3 rings (SSSR count). The van der Waals surface area contributed by atoms with Gasteiger partial charge in [0, 0.05) is 17.3 Å². The first-order valence-corrected chi connectivity index (χ1v) is 11.0. The summed E-state index contributed by atoms with van der Waals surface area (Å²) in [6.07, 6.45) is -4.75. The number of aliphatic hydroxyl groups is 5. The van der Waals surface area contributed by atoms with Crippen LogP contribution in [-0.4, -0.2) is 85.3 Å². The molecule has 10 heteroatoms. The van der Waals surface area contributed by atoms with Gasteiger partial charge in [0.2, 0.25) is 0 Å². The summed E-state index contributed by atoms with van der Waals surface area (Å²) in [7, 11) is 0. The van der Waals surface area contributed by atoms with Crippen molar-refractivity contribution in [2.24, 2.45) is 0 Å². The molecule has 0 aliphatic carbocycles. The van der Waals surface area contributed by atoms with E-state index < -0.39 is 37.0 Å². The second kappa shape index (κ2) is 13.1. The maximum Gasteiger partial charge on any atom is 0.323 e. The summed E-state index contributed by atoms with van der Waals surface area (Å²) in [4.78, 5) is 23.4. The number of carboxylic acids is 1. The third kappa shape index (κ3) is 6.83. The Hall–Kier alpha value is -2.86. The molecule has 10 nitrogen and oxygen atoms in total. The number of carbonyl (C=O) groups is 1. The lowest BCUT2D eigenvalue weighted by Crippen LogP contribution is -2.49. The number of benzene rings is 2. The number of aliphatic carboxylic acids is 1. The molecule has 2 aromatic carbocycles. The fourth-order valence-corrected chi connectivity index (χ4v) is 3.49. The van der Waals surface area contributed by atoms with Gasteiger partial charge in [0.15, 0.2) is 5.43 Å². The van der Waals surface area contributed by atoms with E-state index in [-0.39, 0.29) is 18.5 Å². The van der Waals surface area contributed by atoms with E-state index in [2.05, 4.69) is 5.32 Å². The van der Waals surface area contributed by atoms with Gasteiger partial charge in [-0.15, -0.1) is 0 Å². The van der Waals surface area contributed by atoms with Gasteiger partial charge in [0.25, 0.3) is 0 Å². The molecule has 0 aliphatic heterocycles. The van der Waals surface area contributed by atoms with Crippen molar-refractivity contribution in [3.8, 4) is 0 Å². The summed E-state index contributed by atoms with van der Waals surface area (Å²) in [5.41, 5.74) is 1.23. The molecule has 34 heavy (non-hydrogen) atoms. The summed E-state index contributed by atoms with van der Waals surface area (Å²) in [6.45, 7) is 1.96. The Bertz CT molecular complexity index is 1070. The quantitative estimate of drug-likeness (QED) is 0.153. The van der Waals surface area contributed by atoms with Gasteiger partial charge < -0.3 is 40.5 Å². The Morgan fingerprint density at radius 2 is 1.41 bits per heavy atom. The molecule has 3 aromatic rings. The number of para-hydroxylation sites is 2. The van der Waals surface area contributed by atoms with Crippen molar-refractivity contribution in [3.63, 3.8) is 0 Å². The number of hydrogen-bond acceptors (Lipinski definition) is 8. The molecule has 0 amide bonds. The summed E-state index contributed by atoms with van der Waals surface area (Å²) < 4.78 is 1.66. The zero-order valence-electron chi connectivity index (χ0n) is 18.9. The molecule has 0 radical (unpaired) electrons. The van der Waals surface area contributed by atoms with E-state index in [0.717, 1.165) is 6.42 Å². The highest BCUT2D eigenvalue weighted by atomic mass is 16.4. The van der Waals surface area contributed by atoms with E-state index in [4.69, 9.17) is 15.3 Å². The minimum atomic E-state index is -1.55. The van der Waals surface area contributed by atoms with Gasteiger partial charge in [-0.3, -0.25) is 9.59 Å². The van der Waals surface area contributed by atoms with E-state index in [1.165, 1.54) is 0 Å². The zero-order chi connectivity index (χ0) is 25.3. The lowest BCUT2D eigenvalue weighted by atomic mass is 10.0. The molecule has 0 saturated heterocycles. The van der Waals surface area contributed by atoms with Crippen molar-refractivity contribution in [3.05, 3.63) is 58.8 Å². The van der Waals surface area contributed by atoms with Gasteiger partial charge in [-0.2, -0.15) is 0 Å². The Balaban J connectivity index is 0.000000249.